The number of hydrogen-bond donors (Lipinski definition) is 1. The van der Waals surface area contributed by atoms with Crippen molar-refractivity contribution in [1.82, 2.24) is 5.32 Å². The third-order valence-electron chi connectivity index (χ3n) is 2.68. The zero-order valence-electron chi connectivity index (χ0n) is 10.1. The van der Waals surface area contributed by atoms with Gasteiger partial charge in [-0.15, -0.1) is 0 Å². The highest BCUT2D eigenvalue weighted by atomic mass is 19.1. The van der Waals surface area contributed by atoms with Crippen LogP contribution in [-0.4, -0.2) is 13.1 Å². The Morgan fingerprint density at radius 2 is 1.75 bits per heavy atom. The van der Waals surface area contributed by atoms with Gasteiger partial charge in [0.1, 0.15) is 11.6 Å². The second kappa shape index (κ2) is 5.94. The van der Waals surface area contributed by atoms with Crippen molar-refractivity contribution in [2.24, 2.45) is 5.92 Å². The molecule has 0 saturated heterocycles. The molecule has 0 bridgehead atoms. The second-order valence-electron chi connectivity index (χ2n) is 4.52. The van der Waals surface area contributed by atoms with Crippen molar-refractivity contribution in [2.45, 2.75) is 32.7 Å². The lowest BCUT2D eigenvalue weighted by Gasteiger charge is -2.18. The molecular weight excluding hydrogens is 208 g/mol. The fraction of sp³-hybridized carbons (Fsp3) is 0.538. The van der Waals surface area contributed by atoms with Crippen LogP contribution in [0.15, 0.2) is 18.2 Å². The molecule has 0 radical (unpaired) electrons. The molecular formula is C13H19F2N. The van der Waals surface area contributed by atoms with Crippen LogP contribution in [-0.2, 0) is 6.42 Å². The number of halogens is 2. The molecule has 0 heterocycles. The number of benzene rings is 1. The monoisotopic (exact) mass is 227 g/mol. The first kappa shape index (κ1) is 13.1. The average Bonchev–Trinajstić information content (AvgIpc) is 2.21. The minimum atomic E-state index is -0.455. The molecule has 3 heteroatoms. The Hall–Kier alpha value is -0.960. The van der Waals surface area contributed by atoms with E-state index in [4.69, 9.17) is 0 Å². The third kappa shape index (κ3) is 3.56. The summed E-state index contributed by atoms with van der Waals surface area (Å²) >= 11 is 0. The lowest BCUT2D eigenvalue weighted by molar-refractivity contribution is 0.426. The van der Waals surface area contributed by atoms with Crippen LogP contribution < -0.4 is 5.32 Å². The minimum Gasteiger partial charge on any atom is -0.317 e. The Kier molecular flexibility index (Phi) is 4.87. The van der Waals surface area contributed by atoms with E-state index in [0.29, 0.717) is 12.3 Å². The van der Waals surface area contributed by atoms with Gasteiger partial charge in [-0.3, -0.25) is 0 Å². The summed E-state index contributed by atoms with van der Waals surface area (Å²) in [7, 11) is 1.83. The van der Waals surface area contributed by atoms with Gasteiger partial charge in [0, 0.05) is 11.6 Å². The van der Waals surface area contributed by atoms with Crippen molar-refractivity contribution in [3.05, 3.63) is 35.4 Å². The van der Waals surface area contributed by atoms with Crippen molar-refractivity contribution in [3.8, 4) is 0 Å². The zero-order valence-corrected chi connectivity index (χ0v) is 10.1. The lowest BCUT2D eigenvalue weighted by Crippen LogP contribution is -2.29. The van der Waals surface area contributed by atoms with Crippen molar-refractivity contribution < 1.29 is 8.78 Å². The van der Waals surface area contributed by atoms with E-state index in [0.717, 1.165) is 6.42 Å². The number of hydrogen-bond acceptors (Lipinski definition) is 1. The first-order valence-corrected chi connectivity index (χ1v) is 5.64. The van der Waals surface area contributed by atoms with Gasteiger partial charge in [-0.2, -0.15) is 0 Å². The topological polar surface area (TPSA) is 12.0 Å². The van der Waals surface area contributed by atoms with Crippen LogP contribution in [0.3, 0.4) is 0 Å². The summed E-state index contributed by atoms with van der Waals surface area (Å²) in [5, 5.41) is 3.10. The molecule has 0 aromatic heterocycles. The van der Waals surface area contributed by atoms with E-state index in [2.05, 4.69) is 19.2 Å². The maximum absolute atomic E-state index is 13.4. The number of likely N-dealkylation sites (N-methyl/N-ethyl adjacent to an activating group) is 1. The summed E-state index contributed by atoms with van der Waals surface area (Å²) in [5.41, 5.74) is 0.183. The molecule has 1 nitrogen and oxygen atoms in total. The molecule has 1 rings (SSSR count). The van der Waals surface area contributed by atoms with Gasteiger partial charge < -0.3 is 5.32 Å². The van der Waals surface area contributed by atoms with Gasteiger partial charge in [0.2, 0.25) is 0 Å². The van der Waals surface area contributed by atoms with E-state index in [-0.39, 0.29) is 11.6 Å². The predicted molar refractivity (Wildman–Crippen MR) is 62.4 cm³/mol. The maximum atomic E-state index is 13.4. The molecule has 1 N–H and O–H groups in total. The Balaban J connectivity index is 2.77. The largest absolute Gasteiger partial charge is 0.317 e. The van der Waals surface area contributed by atoms with Crippen molar-refractivity contribution >= 4 is 0 Å². The zero-order chi connectivity index (χ0) is 12.1. The van der Waals surface area contributed by atoms with Crippen molar-refractivity contribution in [2.75, 3.05) is 7.05 Å². The molecule has 0 spiro atoms. The smallest absolute Gasteiger partial charge is 0.129 e. The second-order valence-corrected chi connectivity index (χ2v) is 4.52. The van der Waals surface area contributed by atoms with E-state index < -0.39 is 11.6 Å². The van der Waals surface area contributed by atoms with Crippen LogP contribution in [0.2, 0.25) is 0 Å². The Morgan fingerprint density at radius 3 is 2.19 bits per heavy atom. The van der Waals surface area contributed by atoms with Crippen LogP contribution in [0, 0.1) is 17.6 Å². The molecule has 0 aliphatic rings. The standard InChI is InChI=1S/C13H19F2N/c1-9(2)7-10(16-3)8-11-12(14)5-4-6-13(11)15/h4-6,9-10,16H,7-8H2,1-3H3. The summed E-state index contributed by atoms with van der Waals surface area (Å²) in [6.45, 7) is 4.20. The summed E-state index contributed by atoms with van der Waals surface area (Å²) in [4.78, 5) is 0. The first-order chi connectivity index (χ1) is 7.54. The normalized spacial score (nSPS) is 13.1. The molecule has 0 amide bonds. The minimum absolute atomic E-state index is 0.117. The maximum Gasteiger partial charge on any atom is 0.129 e. The lowest BCUT2D eigenvalue weighted by atomic mass is 9.97. The number of nitrogens with one attached hydrogen (secondary N) is 1. The van der Waals surface area contributed by atoms with E-state index in [9.17, 15) is 8.78 Å². The molecule has 0 aliphatic heterocycles. The molecule has 0 fully saturated rings. The van der Waals surface area contributed by atoms with Gasteiger partial charge in [-0.05, 0) is 37.9 Å². The third-order valence-corrected chi connectivity index (χ3v) is 2.68. The van der Waals surface area contributed by atoms with Crippen molar-refractivity contribution in [3.63, 3.8) is 0 Å². The Labute approximate surface area is 95.9 Å². The molecule has 0 saturated carbocycles. The van der Waals surface area contributed by atoms with Crippen LogP contribution >= 0.6 is 0 Å². The van der Waals surface area contributed by atoms with Gasteiger partial charge in [0.15, 0.2) is 0 Å². The highest BCUT2D eigenvalue weighted by Crippen LogP contribution is 2.17. The molecule has 1 atom stereocenters. The van der Waals surface area contributed by atoms with E-state index in [1.807, 2.05) is 7.05 Å². The first-order valence-electron chi connectivity index (χ1n) is 5.64. The van der Waals surface area contributed by atoms with Crippen LogP contribution in [0.5, 0.6) is 0 Å². The molecule has 1 aromatic carbocycles. The molecule has 90 valence electrons. The average molecular weight is 227 g/mol. The quantitative estimate of drug-likeness (QED) is 0.814. The molecule has 0 aliphatic carbocycles. The van der Waals surface area contributed by atoms with E-state index >= 15 is 0 Å². The fourth-order valence-electron chi connectivity index (χ4n) is 1.85. The van der Waals surface area contributed by atoms with Crippen LogP contribution in [0.4, 0.5) is 8.78 Å². The van der Waals surface area contributed by atoms with Crippen LogP contribution in [0.25, 0.3) is 0 Å². The van der Waals surface area contributed by atoms with Gasteiger partial charge in [0.05, 0.1) is 0 Å². The van der Waals surface area contributed by atoms with Gasteiger partial charge in [0.25, 0.3) is 0 Å². The van der Waals surface area contributed by atoms with E-state index in [1.165, 1.54) is 18.2 Å². The van der Waals surface area contributed by atoms with Gasteiger partial charge >= 0.3 is 0 Å². The van der Waals surface area contributed by atoms with Crippen LogP contribution in [0.1, 0.15) is 25.8 Å². The van der Waals surface area contributed by atoms with Crippen molar-refractivity contribution in [1.29, 1.82) is 0 Å². The Morgan fingerprint density at radius 1 is 1.19 bits per heavy atom. The molecule has 1 unspecified atom stereocenters. The number of rotatable bonds is 5. The Bertz CT molecular complexity index is 316. The SMILES string of the molecule is CNC(Cc1c(F)cccc1F)CC(C)C. The highest BCUT2D eigenvalue weighted by Gasteiger charge is 2.15. The fourth-order valence-corrected chi connectivity index (χ4v) is 1.85. The predicted octanol–water partition coefficient (Wildman–Crippen LogP) is 3.14. The summed E-state index contributed by atoms with van der Waals surface area (Å²) in [6.07, 6.45) is 1.30. The summed E-state index contributed by atoms with van der Waals surface area (Å²) in [6, 6.07) is 4.12. The summed E-state index contributed by atoms with van der Waals surface area (Å²) in [5.74, 6) is -0.403. The molecule has 16 heavy (non-hydrogen) atoms. The summed E-state index contributed by atoms with van der Waals surface area (Å²) < 4.78 is 26.8. The van der Waals surface area contributed by atoms with Gasteiger partial charge in [-0.25, -0.2) is 8.78 Å². The molecule has 1 aromatic rings. The van der Waals surface area contributed by atoms with E-state index in [1.54, 1.807) is 0 Å². The highest BCUT2D eigenvalue weighted by molar-refractivity contribution is 5.20. The van der Waals surface area contributed by atoms with Gasteiger partial charge in [-0.1, -0.05) is 19.9 Å².